The van der Waals surface area contributed by atoms with E-state index in [4.69, 9.17) is 4.43 Å². The Bertz CT molecular complexity index is 569. The van der Waals surface area contributed by atoms with Crippen LogP contribution in [0.25, 0.3) is 11.0 Å². The van der Waals surface area contributed by atoms with E-state index in [2.05, 4.69) is 56.4 Å². The molecule has 19 heavy (non-hydrogen) atoms. The zero-order valence-corrected chi connectivity index (χ0v) is 13.8. The van der Waals surface area contributed by atoms with Crippen LogP contribution in [0.3, 0.4) is 0 Å². The van der Waals surface area contributed by atoms with Crippen LogP contribution in [0.5, 0.6) is 0 Å². The van der Waals surface area contributed by atoms with Crippen LogP contribution < -0.4 is 0 Å². The zero-order chi connectivity index (χ0) is 14.3. The molecule has 1 atom stereocenters. The van der Waals surface area contributed by atoms with E-state index in [1.807, 2.05) is 24.5 Å². The summed E-state index contributed by atoms with van der Waals surface area (Å²) in [6.45, 7) is 13.5. The molecular weight excluding hydrogens is 252 g/mol. The molecule has 0 aliphatic rings. The van der Waals surface area contributed by atoms with Crippen molar-refractivity contribution in [2.24, 2.45) is 0 Å². The summed E-state index contributed by atoms with van der Waals surface area (Å²) in [5, 5.41) is 0.220. The lowest BCUT2D eigenvalue weighted by Gasteiger charge is -2.38. The Morgan fingerprint density at radius 2 is 1.84 bits per heavy atom. The van der Waals surface area contributed by atoms with E-state index in [0.717, 1.165) is 11.0 Å². The molecule has 2 aromatic rings. The third-order valence-electron chi connectivity index (χ3n) is 4.14. The Labute approximate surface area is 116 Å². The number of imidazole rings is 1. The number of nitrogens with zero attached hydrogens (tertiary/aromatic N) is 2. The zero-order valence-electron chi connectivity index (χ0n) is 12.8. The van der Waals surface area contributed by atoms with Crippen molar-refractivity contribution in [1.82, 2.24) is 9.55 Å². The van der Waals surface area contributed by atoms with E-state index in [1.54, 1.807) is 0 Å². The molecule has 0 aliphatic carbocycles. The molecule has 0 aliphatic heterocycles. The number of hydrogen-bond acceptors (Lipinski definition) is 2. The van der Waals surface area contributed by atoms with Crippen LogP contribution in [0.1, 0.15) is 33.9 Å². The van der Waals surface area contributed by atoms with Gasteiger partial charge in [0, 0.05) is 0 Å². The molecule has 1 unspecified atom stereocenters. The first kappa shape index (κ1) is 14.3. The van der Waals surface area contributed by atoms with Crippen LogP contribution in [0, 0.1) is 0 Å². The van der Waals surface area contributed by atoms with Crippen molar-refractivity contribution in [3.05, 3.63) is 30.6 Å². The van der Waals surface area contributed by atoms with Gasteiger partial charge < -0.3 is 8.99 Å². The molecule has 0 N–H and O–H groups in total. The first-order valence-corrected chi connectivity index (χ1v) is 9.72. The molecule has 0 spiro atoms. The van der Waals surface area contributed by atoms with Crippen molar-refractivity contribution >= 4 is 19.4 Å². The summed E-state index contributed by atoms with van der Waals surface area (Å²) in [6, 6.07) is 8.18. The molecular formula is C15H24N2OSi. The third-order valence-corrected chi connectivity index (χ3v) is 8.69. The lowest BCUT2D eigenvalue weighted by Crippen LogP contribution is -2.42. The first-order valence-electron chi connectivity index (χ1n) is 6.82. The third kappa shape index (κ3) is 2.74. The Kier molecular flexibility index (Phi) is 3.58. The topological polar surface area (TPSA) is 27.1 Å². The summed E-state index contributed by atoms with van der Waals surface area (Å²) in [4.78, 5) is 4.43. The Morgan fingerprint density at radius 1 is 1.21 bits per heavy atom. The van der Waals surface area contributed by atoms with Gasteiger partial charge in [0.1, 0.15) is 6.23 Å². The van der Waals surface area contributed by atoms with Crippen molar-refractivity contribution in [3.63, 3.8) is 0 Å². The lowest BCUT2D eigenvalue weighted by molar-refractivity contribution is 0.137. The smallest absolute Gasteiger partial charge is 0.194 e. The fourth-order valence-corrected chi connectivity index (χ4v) is 3.25. The monoisotopic (exact) mass is 276 g/mol. The van der Waals surface area contributed by atoms with Gasteiger partial charge in [0.05, 0.1) is 17.4 Å². The average Bonchev–Trinajstić information content (AvgIpc) is 2.70. The number of rotatable bonds is 3. The first-order chi connectivity index (χ1) is 8.72. The lowest BCUT2D eigenvalue weighted by atomic mass is 10.2. The minimum absolute atomic E-state index is 0.0216. The summed E-state index contributed by atoms with van der Waals surface area (Å²) in [5.41, 5.74) is 2.15. The van der Waals surface area contributed by atoms with E-state index >= 15 is 0 Å². The Morgan fingerprint density at radius 3 is 2.47 bits per heavy atom. The SMILES string of the molecule is CC(O[Si](C)(C)C(C)(C)C)n1cnc2ccccc21. The predicted octanol–water partition coefficient (Wildman–Crippen LogP) is 4.58. The minimum atomic E-state index is -1.76. The Balaban J connectivity index is 2.28. The van der Waals surface area contributed by atoms with Crippen molar-refractivity contribution in [2.45, 2.75) is 52.1 Å². The standard InChI is InChI=1S/C15H24N2OSi/c1-12(18-19(5,6)15(2,3)4)17-11-16-13-9-7-8-10-14(13)17/h7-12H,1-6H3. The van der Waals surface area contributed by atoms with Gasteiger partial charge in [0.15, 0.2) is 8.32 Å². The highest BCUT2D eigenvalue weighted by molar-refractivity contribution is 6.74. The van der Waals surface area contributed by atoms with Gasteiger partial charge in [-0.15, -0.1) is 0 Å². The van der Waals surface area contributed by atoms with Crippen molar-refractivity contribution < 1.29 is 4.43 Å². The highest BCUT2D eigenvalue weighted by atomic mass is 28.4. The maximum absolute atomic E-state index is 6.42. The number of fused-ring (bicyclic) bond motifs is 1. The normalized spacial score (nSPS) is 14.8. The molecule has 0 radical (unpaired) electrons. The fraction of sp³-hybridized carbons (Fsp3) is 0.533. The van der Waals surface area contributed by atoms with Gasteiger partial charge in [-0.05, 0) is 37.2 Å². The van der Waals surface area contributed by atoms with Crippen LogP contribution in [0.2, 0.25) is 18.1 Å². The molecule has 104 valence electrons. The average molecular weight is 276 g/mol. The summed E-state index contributed by atoms with van der Waals surface area (Å²) in [5.74, 6) is 0. The summed E-state index contributed by atoms with van der Waals surface area (Å²) < 4.78 is 8.54. The van der Waals surface area contributed by atoms with Crippen molar-refractivity contribution in [1.29, 1.82) is 0 Å². The van der Waals surface area contributed by atoms with E-state index in [0.29, 0.717) is 0 Å². The van der Waals surface area contributed by atoms with Gasteiger partial charge in [-0.1, -0.05) is 32.9 Å². The van der Waals surface area contributed by atoms with Crippen LogP contribution in [-0.2, 0) is 4.43 Å². The van der Waals surface area contributed by atoms with Crippen molar-refractivity contribution in [3.8, 4) is 0 Å². The largest absolute Gasteiger partial charge is 0.397 e. The number of hydrogen-bond donors (Lipinski definition) is 0. The summed E-state index contributed by atoms with van der Waals surface area (Å²) in [7, 11) is -1.76. The van der Waals surface area contributed by atoms with Gasteiger partial charge in [0.25, 0.3) is 0 Å². The number of aromatic nitrogens is 2. The van der Waals surface area contributed by atoms with Gasteiger partial charge >= 0.3 is 0 Å². The number of para-hydroxylation sites is 2. The quantitative estimate of drug-likeness (QED) is 0.767. The molecule has 0 bridgehead atoms. The van der Waals surface area contributed by atoms with Crippen LogP contribution in [-0.4, -0.2) is 17.9 Å². The maximum Gasteiger partial charge on any atom is 0.194 e. The number of benzene rings is 1. The van der Waals surface area contributed by atoms with Gasteiger partial charge in [0.2, 0.25) is 0 Å². The summed E-state index contributed by atoms with van der Waals surface area (Å²) in [6.07, 6.45) is 1.90. The second kappa shape index (κ2) is 4.76. The molecule has 2 rings (SSSR count). The predicted molar refractivity (Wildman–Crippen MR) is 82.7 cm³/mol. The molecule has 4 heteroatoms. The van der Waals surface area contributed by atoms with Gasteiger partial charge in [-0.2, -0.15) is 0 Å². The highest BCUT2D eigenvalue weighted by Crippen LogP contribution is 2.39. The van der Waals surface area contributed by atoms with Crippen LogP contribution >= 0.6 is 0 Å². The van der Waals surface area contributed by atoms with Crippen molar-refractivity contribution in [2.75, 3.05) is 0 Å². The molecule has 0 saturated heterocycles. The molecule has 0 amide bonds. The summed E-state index contributed by atoms with van der Waals surface area (Å²) >= 11 is 0. The van der Waals surface area contributed by atoms with E-state index < -0.39 is 8.32 Å². The molecule has 1 heterocycles. The second-order valence-corrected chi connectivity index (χ2v) is 11.4. The maximum atomic E-state index is 6.42. The minimum Gasteiger partial charge on any atom is -0.397 e. The molecule has 1 aromatic carbocycles. The fourth-order valence-electron chi connectivity index (χ4n) is 1.93. The Hall–Kier alpha value is -1.13. The molecule has 3 nitrogen and oxygen atoms in total. The van der Waals surface area contributed by atoms with Gasteiger partial charge in [-0.25, -0.2) is 4.98 Å². The van der Waals surface area contributed by atoms with Gasteiger partial charge in [-0.3, -0.25) is 0 Å². The van der Waals surface area contributed by atoms with Crippen LogP contribution in [0.15, 0.2) is 30.6 Å². The van der Waals surface area contributed by atoms with E-state index in [1.165, 1.54) is 0 Å². The van der Waals surface area contributed by atoms with E-state index in [9.17, 15) is 0 Å². The second-order valence-electron chi connectivity index (χ2n) is 6.62. The van der Waals surface area contributed by atoms with E-state index in [-0.39, 0.29) is 11.3 Å². The van der Waals surface area contributed by atoms with Crippen LogP contribution in [0.4, 0.5) is 0 Å². The molecule has 0 fully saturated rings. The molecule has 1 aromatic heterocycles. The molecule has 0 saturated carbocycles. The highest BCUT2D eigenvalue weighted by Gasteiger charge is 2.38.